The highest BCUT2D eigenvalue weighted by Gasteiger charge is 2.26. The number of rotatable bonds is 4. The van der Waals surface area contributed by atoms with Crippen LogP contribution in [0.4, 0.5) is 0 Å². The van der Waals surface area contributed by atoms with Crippen molar-refractivity contribution in [1.29, 1.82) is 0 Å². The smallest absolute Gasteiger partial charge is 0.0659 e. The van der Waals surface area contributed by atoms with E-state index in [2.05, 4.69) is 66.8 Å². The zero-order valence-electron chi connectivity index (χ0n) is 11.7. The van der Waals surface area contributed by atoms with Gasteiger partial charge in [0.05, 0.1) is 2.88 Å². The van der Waals surface area contributed by atoms with Crippen molar-refractivity contribution in [3.05, 3.63) is 19.4 Å². The number of hydrogen-bond acceptors (Lipinski definition) is 3. The minimum Gasteiger partial charge on any atom is -0.308 e. The van der Waals surface area contributed by atoms with E-state index in [0.29, 0.717) is 6.04 Å². The molecule has 0 aromatic carbocycles. The van der Waals surface area contributed by atoms with E-state index in [1.807, 2.05) is 11.3 Å². The normalized spacial score (nSPS) is 20.2. The van der Waals surface area contributed by atoms with Crippen LogP contribution in [0.15, 0.2) is 6.07 Å². The third-order valence-corrected chi connectivity index (χ3v) is 6.05. The van der Waals surface area contributed by atoms with E-state index in [1.54, 1.807) is 10.4 Å². The van der Waals surface area contributed by atoms with Crippen LogP contribution in [-0.2, 0) is 6.42 Å². The summed E-state index contributed by atoms with van der Waals surface area (Å²) < 4.78 is 1.43. The quantitative estimate of drug-likeness (QED) is 0.805. The van der Waals surface area contributed by atoms with Crippen molar-refractivity contribution >= 4 is 33.9 Å². The lowest BCUT2D eigenvalue weighted by Crippen LogP contribution is -2.47. The van der Waals surface area contributed by atoms with Gasteiger partial charge in [-0.1, -0.05) is 0 Å². The zero-order chi connectivity index (χ0) is 13.3. The molecule has 0 saturated carbocycles. The first-order chi connectivity index (χ1) is 8.40. The van der Waals surface area contributed by atoms with Crippen molar-refractivity contribution in [3.8, 4) is 0 Å². The molecule has 1 atom stereocenters. The number of likely N-dealkylation sites (N-methyl/N-ethyl adjacent to an activating group) is 1. The number of thiophene rings is 1. The molecule has 0 spiro atoms. The number of halogens is 1. The molecule has 1 aromatic rings. The minimum atomic E-state index is 0.209. The van der Waals surface area contributed by atoms with Crippen molar-refractivity contribution in [2.45, 2.75) is 44.7 Å². The fourth-order valence-electron chi connectivity index (χ4n) is 2.26. The molecular weight excluding hydrogens is 355 g/mol. The molecule has 0 saturated heterocycles. The lowest BCUT2D eigenvalue weighted by atomic mass is 9.93. The van der Waals surface area contributed by atoms with Crippen molar-refractivity contribution in [1.82, 2.24) is 10.2 Å². The fraction of sp³-hybridized carbons (Fsp3) is 0.714. The molecule has 0 bridgehead atoms. The molecule has 1 unspecified atom stereocenters. The maximum Gasteiger partial charge on any atom is 0.0659 e. The monoisotopic (exact) mass is 378 g/mol. The first-order valence-corrected chi connectivity index (χ1v) is 8.48. The predicted octanol–water partition coefficient (Wildman–Crippen LogP) is 3.66. The fourth-order valence-corrected chi connectivity index (χ4v) is 4.38. The van der Waals surface area contributed by atoms with Gasteiger partial charge in [0.25, 0.3) is 0 Å². The molecule has 2 nitrogen and oxygen atoms in total. The number of nitrogens with one attached hydrogen (secondary N) is 1. The van der Waals surface area contributed by atoms with Gasteiger partial charge in [-0.25, -0.2) is 0 Å². The molecule has 102 valence electrons. The van der Waals surface area contributed by atoms with Crippen molar-refractivity contribution in [2.24, 2.45) is 0 Å². The largest absolute Gasteiger partial charge is 0.308 e. The highest BCUT2D eigenvalue weighted by atomic mass is 127. The lowest BCUT2D eigenvalue weighted by molar-refractivity contribution is 0.182. The third-order valence-electron chi connectivity index (χ3n) is 4.08. The predicted molar refractivity (Wildman–Crippen MR) is 88.5 cm³/mol. The number of hydrogen-bond donors (Lipinski definition) is 1. The summed E-state index contributed by atoms with van der Waals surface area (Å²) >= 11 is 4.42. The molecule has 1 aromatic heterocycles. The van der Waals surface area contributed by atoms with Gasteiger partial charge >= 0.3 is 0 Å². The average molecular weight is 378 g/mol. The molecule has 2 rings (SSSR count). The Morgan fingerprint density at radius 3 is 2.89 bits per heavy atom. The summed E-state index contributed by atoms with van der Waals surface area (Å²) in [7, 11) is 4.31. The molecule has 0 fully saturated rings. The molecule has 1 aliphatic carbocycles. The molecule has 18 heavy (non-hydrogen) atoms. The number of aryl methyl sites for hydroxylation is 1. The van der Waals surface area contributed by atoms with Crippen molar-refractivity contribution in [3.63, 3.8) is 0 Å². The van der Waals surface area contributed by atoms with Crippen LogP contribution in [0, 0.1) is 2.88 Å². The molecule has 1 N–H and O–H groups in total. The zero-order valence-corrected chi connectivity index (χ0v) is 14.7. The highest BCUT2D eigenvalue weighted by molar-refractivity contribution is 14.1. The maximum atomic E-state index is 3.77. The number of fused-ring (bicyclic) bond motifs is 1. The van der Waals surface area contributed by atoms with Gasteiger partial charge in [-0.05, 0) is 81.4 Å². The second-order valence-electron chi connectivity index (χ2n) is 5.96. The van der Waals surface area contributed by atoms with E-state index in [-0.39, 0.29) is 5.54 Å². The van der Waals surface area contributed by atoms with E-state index in [9.17, 15) is 0 Å². The van der Waals surface area contributed by atoms with Crippen molar-refractivity contribution < 1.29 is 0 Å². The van der Waals surface area contributed by atoms with Crippen LogP contribution in [0.2, 0.25) is 0 Å². The Morgan fingerprint density at radius 1 is 1.50 bits per heavy atom. The molecule has 4 heteroatoms. The van der Waals surface area contributed by atoms with Crippen molar-refractivity contribution in [2.75, 3.05) is 20.6 Å². The van der Waals surface area contributed by atoms with E-state index in [1.165, 1.54) is 22.1 Å². The summed E-state index contributed by atoms with van der Waals surface area (Å²) in [6.07, 6.45) is 3.88. The Labute approximate surface area is 128 Å². The summed E-state index contributed by atoms with van der Waals surface area (Å²) in [5, 5.41) is 3.77. The van der Waals surface area contributed by atoms with Gasteiger partial charge in [0.15, 0.2) is 0 Å². The maximum absolute atomic E-state index is 3.77. The number of nitrogens with zero attached hydrogens (tertiary/aromatic N) is 1. The van der Waals surface area contributed by atoms with Gasteiger partial charge in [0, 0.05) is 23.0 Å². The van der Waals surface area contributed by atoms with Crippen LogP contribution in [0.25, 0.3) is 0 Å². The first kappa shape index (κ1) is 14.8. The van der Waals surface area contributed by atoms with E-state index in [4.69, 9.17) is 0 Å². The SMILES string of the molecule is CN(C)C(C)(C)CNC1CCCc2sc(I)cc21. The lowest BCUT2D eigenvalue weighted by Gasteiger charge is -2.35. The summed E-state index contributed by atoms with van der Waals surface area (Å²) in [5.41, 5.74) is 1.77. The van der Waals surface area contributed by atoms with Crippen LogP contribution >= 0.6 is 33.9 Å². The summed E-state index contributed by atoms with van der Waals surface area (Å²) in [5.74, 6) is 0. The summed E-state index contributed by atoms with van der Waals surface area (Å²) in [6.45, 7) is 5.62. The molecule has 0 radical (unpaired) electrons. The Balaban J connectivity index is 2.03. The van der Waals surface area contributed by atoms with Gasteiger partial charge in [-0.2, -0.15) is 0 Å². The highest BCUT2D eigenvalue weighted by Crippen LogP contribution is 2.36. The van der Waals surface area contributed by atoms with Crippen LogP contribution in [0.3, 0.4) is 0 Å². The van der Waals surface area contributed by atoms with Gasteiger partial charge in [0.1, 0.15) is 0 Å². The summed E-state index contributed by atoms with van der Waals surface area (Å²) in [4.78, 5) is 3.90. The molecule has 0 aliphatic heterocycles. The van der Waals surface area contributed by atoms with Crippen LogP contribution in [0.5, 0.6) is 0 Å². The van der Waals surface area contributed by atoms with E-state index < -0.39 is 0 Å². The Bertz CT molecular complexity index is 412. The van der Waals surface area contributed by atoms with Gasteiger partial charge in [-0.15, -0.1) is 11.3 Å². The average Bonchev–Trinajstić information content (AvgIpc) is 2.66. The Morgan fingerprint density at radius 2 is 2.22 bits per heavy atom. The van der Waals surface area contributed by atoms with E-state index >= 15 is 0 Å². The van der Waals surface area contributed by atoms with Gasteiger partial charge in [-0.3, -0.25) is 0 Å². The molecule has 0 amide bonds. The van der Waals surface area contributed by atoms with E-state index in [0.717, 1.165) is 6.54 Å². The van der Waals surface area contributed by atoms with Gasteiger partial charge in [0.2, 0.25) is 0 Å². The Kier molecular flexibility index (Phi) is 4.73. The second kappa shape index (κ2) is 5.77. The molecule has 1 heterocycles. The van der Waals surface area contributed by atoms with Crippen LogP contribution < -0.4 is 5.32 Å². The third kappa shape index (κ3) is 3.26. The van der Waals surface area contributed by atoms with Crippen LogP contribution in [-0.4, -0.2) is 31.1 Å². The standard InChI is InChI=1S/C14H23IN2S/c1-14(2,17(3)4)9-16-11-6-5-7-12-10(11)8-13(15)18-12/h8,11,16H,5-7,9H2,1-4H3. The molecule has 1 aliphatic rings. The van der Waals surface area contributed by atoms with Crippen LogP contribution in [0.1, 0.15) is 43.2 Å². The molecular formula is C14H23IN2S. The Hall–Kier alpha value is 0.350. The first-order valence-electron chi connectivity index (χ1n) is 6.59. The minimum absolute atomic E-state index is 0.209. The topological polar surface area (TPSA) is 15.3 Å². The summed E-state index contributed by atoms with van der Waals surface area (Å²) in [6, 6.07) is 2.94. The van der Waals surface area contributed by atoms with Gasteiger partial charge < -0.3 is 10.2 Å². The second-order valence-corrected chi connectivity index (χ2v) is 8.99.